The van der Waals surface area contributed by atoms with E-state index in [1.165, 1.54) is 16.6 Å². The van der Waals surface area contributed by atoms with E-state index in [0.717, 1.165) is 12.1 Å². The van der Waals surface area contributed by atoms with Gasteiger partial charge in [0.05, 0.1) is 26.7 Å². The van der Waals surface area contributed by atoms with Crippen LogP contribution in [-0.4, -0.2) is 18.0 Å². The van der Waals surface area contributed by atoms with Crippen molar-refractivity contribution >= 4 is 33.0 Å². The van der Waals surface area contributed by atoms with Crippen molar-refractivity contribution in [1.82, 2.24) is 9.61 Å². The molecule has 0 bridgehead atoms. The molecule has 1 N–H and O–H groups in total. The highest BCUT2D eigenvalue weighted by molar-refractivity contribution is 7.92. The highest BCUT2D eigenvalue weighted by Crippen LogP contribution is 2.30. The summed E-state index contributed by atoms with van der Waals surface area (Å²) in [5.41, 5.74) is 0.206. The SMILES string of the molecule is Cc1cc2c(Cl)ccc(NS(=O)(=O)c3ccc(C(F)(F)F)cc3)n2n1. The van der Waals surface area contributed by atoms with E-state index >= 15 is 0 Å². The van der Waals surface area contributed by atoms with E-state index in [1.807, 2.05) is 0 Å². The lowest BCUT2D eigenvalue weighted by Crippen LogP contribution is -2.16. The number of halogens is 4. The summed E-state index contributed by atoms with van der Waals surface area (Å²) in [5, 5.41) is 4.54. The molecule has 0 aliphatic rings. The van der Waals surface area contributed by atoms with Crippen LogP contribution in [0.25, 0.3) is 5.52 Å². The lowest BCUT2D eigenvalue weighted by atomic mass is 10.2. The van der Waals surface area contributed by atoms with Crippen LogP contribution in [0, 0.1) is 6.92 Å². The summed E-state index contributed by atoms with van der Waals surface area (Å²) in [5.74, 6) is 0.118. The average molecular weight is 390 g/mol. The van der Waals surface area contributed by atoms with Crippen molar-refractivity contribution in [2.45, 2.75) is 18.0 Å². The van der Waals surface area contributed by atoms with Crippen molar-refractivity contribution in [3.05, 3.63) is 58.7 Å². The number of fused-ring (bicyclic) bond motifs is 1. The molecule has 3 rings (SSSR count). The van der Waals surface area contributed by atoms with Crippen LogP contribution in [0.3, 0.4) is 0 Å². The van der Waals surface area contributed by atoms with Crippen LogP contribution in [0.5, 0.6) is 0 Å². The maximum atomic E-state index is 12.6. The number of rotatable bonds is 3. The van der Waals surface area contributed by atoms with Crippen LogP contribution in [0.2, 0.25) is 5.02 Å². The molecule has 0 radical (unpaired) electrons. The Bertz CT molecular complexity index is 1040. The van der Waals surface area contributed by atoms with Crippen molar-refractivity contribution < 1.29 is 21.6 Å². The van der Waals surface area contributed by atoms with Crippen molar-refractivity contribution in [3.8, 4) is 0 Å². The number of benzene rings is 1. The molecule has 0 spiro atoms. The number of aromatic nitrogens is 2. The Kier molecular flexibility index (Phi) is 4.16. The van der Waals surface area contributed by atoms with E-state index in [-0.39, 0.29) is 10.7 Å². The van der Waals surface area contributed by atoms with Crippen LogP contribution < -0.4 is 4.72 Å². The maximum absolute atomic E-state index is 12.6. The third kappa shape index (κ3) is 3.42. The predicted octanol–water partition coefficient (Wildman–Crippen LogP) is 4.12. The second kappa shape index (κ2) is 5.92. The van der Waals surface area contributed by atoms with Gasteiger partial charge in [-0.1, -0.05) is 11.6 Å². The standard InChI is InChI=1S/C15H11ClF3N3O2S/c1-9-8-13-12(16)6-7-14(22(13)20-9)21-25(23,24)11-4-2-10(3-5-11)15(17,18)19/h2-8,21H,1H3. The third-order valence-electron chi connectivity index (χ3n) is 3.42. The van der Waals surface area contributed by atoms with E-state index in [2.05, 4.69) is 9.82 Å². The molecule has 25 heavy (non-hydrogen) atoms. The number of nitrogens with one attached hydrogen (secondary N) is 1. The zero-order valence-electron chi connectivity index (χ0n) is 12.7. The molecule has 0 unspecified atom stereocenters. The normalized spacial score (nSPS) is 12.5. The van der Waals surface area contributed by atoms with Gasteiger partial charge in [-0.3, -0.25) is 4.72 Å². The predicted molar refractivity (Wildman–Crippen MR) is 87.2 cm³/mol. The van der Waals surface area contributed by atoms with Crippen LogP contribution in [0.1, 0.15) is 11.3 Å². The van der Waals surface area contributed by atoms with E-state index in [1.54, 1.807) is 13.0 Å². The van der Waals surface area contributed by atoms with Crippen LogP contribution in [0.15, 0.2) is 47.4 Å². The Morgan fingerprint density at radius 3 is 2.36 bits per heavy atom. The Labute approximate surface area is 146 Å². The quantitative estimate of drug-likeness (QED) is 0.733. The first-order chi connectivity index (χ1) is 11.6. The Morgan fingerprint density at radius 2 is 1.76 bits per heavy atom. The molecule has 0 saturated carbocycles. The fourth-order valence-electron chi connectivity index (χ4n) is 2.26. The van der Waals surface area contributed by atoms with Crippen LogP contribution in [-0.2, 0) is 16.2 Å². The molecule has 2 aromatic heterocycles. The highest BCUT2D eigenvalue weighted by atomic mass is 35.5. The molecule has 5 nitrogen and oxygen atoms in total. The summed E-state index contributed by atoms with van der Waals surface area (Å²) < 4.78 is 66.3. The minimum absolute atomic E-state index is 0.118. The molecular weight excluding hydrogens is 379 g/mol. The first-order valence-electron chi connectivity index (χ1n) is 6.93. The largest absolute Gasteiger partial charge is 0.416 e. The number of pyridine rings is 1. The molecule has 10 heteroatoms. The lowest BCUT2D eigenvalue weighted by Gasteiger charge is -2.11. The number of aryl methyl sites for hydroxylation is 1. The molecule has 2 heterocycles. The second-order valence-electron chi connectivity index (χ2n) is 5.28. The van der Waals surface area contributed by atoms with Gasteiger partial charge in [-0.05, 0) is 49.4 Å². The molecule has 3 aromatic rings. The van der Waals surface area contributed by atoms with Gasteiger partial charge in [0.2, 0.25) is 0 Å². The van der Waals surface area contributed by atoms with Crippen molar-refractivity contribution in [1.29, 1.82) is 0 Å². The minimum atomic E-state index is -4.54. The zero-order valence-corrected chi connectivity index (χ0v) is 14.2. The maximum Gasteiger partial charge on any atom is 0.416 e. The van der Waals surface area contributed by atoms with Crippen molar-refractivity contribution in [2.24, 2.45) is 0 Å². The molecule has 0 aliphatic carbocycles. The van der Waals surface area contributed by atoms with Gasteiger partial charge in [0, 0.05) is 0 Å². The molecular formula is C15H11ClF3N3O2S. The van der Waals surface area contributed by atoms with Gasteiger partial charge in [0.25, 0.3) is 10.0 Å². The highest BCUT2D eigenvalue weighted by Gasteiger charge is 2.30. The number of hydrogen-bond donors (Lipinski definition) is 1. The fourth-order valence-corrected chi connectivity index (χ4v) is 3.50. The molecule has 0 atom stereocenters. The Morgan fingerprint density at radius 1 is 1.12 bits per heavy atom. The number of anilines is 1. The van der Waals surface area contributed by atoms with Gasteiger partial charge in [-0.15, -0.1) is 0 Å². The summed E-state index contributed by atoms with van der Waals surface area (Å²) in [6.45, 7) is 1.72. The molecule has 0 fully saturated rings. The molecule has 1 aromatic carbocycles. The van der Waals surface area contributed by atoms with Crippen molar-refractivity contribution in [3.63, 3.8) is 0 Å². The fraction of sp³-hybridized carbons (Fsp3) is 0.133. The number of alkyl halides is 3. The molecule has 132 valence electrons. The van der Waals surface area contributed by atoms with Crippen molar-refractivity contribution in [2.75, 3.05) is 4.72 Å². The van der Waals surface area contributed by atoms with Crippen LogP contribution >= 0.6 is 11.6 Å². The average Bonchev–Trinajstić information content (AvgIpc) is 2.92. The molecule has 0 saturated heterocycles. The monoisotopic (exact) mass is 389 g/mol. The first kappa shape index (κ1) is 17.6. The van der Waals surface area contributed by atoms with E-state index in [0.29, 0.717) is 28.4 Å². The summed E-state index contributed by atoms with van der Waals surface area (Å²) in [7, 11) is -4.09. The van der Waals surface area contributed by atoms with E-state index in [4.69, 9.17) is 11.6 Å². The lowest BCUT2D eigenvalue weighted by molar-refractivity contribution is -0.137. The minimum Gasteiger partial charge on any atom is -0.263 e. The first-order valence-corrected chi connectivity index (χ1v) is 8.79. The zero-order chi connectivity index (χ0) is 18.4. The second-order valence-corrected chi connectivity index (χ2v) is 7.37. The number of nitrogens with zero attached hydrogens (tertiary/aromatic N) is 2. The Hall–Kier alpha value is -2.26. The van der Waals surface area contributed by atoms with Gasteiger partial charge in [-0.25, -0.2) is 12.9 Å². The topological polar surface area (TPSA) is 63.5 Å². The molecule has 0 amide bonds. The van der Waals surface area contributed by atoms with Gasteiger partial charge >= 0.3 is 6.18 Å². The summed E-state index contributed by atoms with van der Waals surface area (Å²) in [6, 6.07) is 7.82. The van der Waals surface area contributed by atoms with E-state index in [9.17, 15) is 21.6 Å². The van der Waals surface area contributed by atoms with Gasteiger partial charge in [-0.2, -0.15) is 18.3 Å². The number of sulfonamides is 1. The smallest absolute Gasteiger partial charge is 0.263 e. The summed E-state index contributed by atoms with van der Waals surface area (Å²) in [6.07, 6.45) is -4.54. The Balaban J connectivity index is 1.98. The third-order valence-corrected chi connectivity index (χ3v) is 5.11. The summed E-state index contributed by atoms with van der Waals surface area (Å²) >= 11 is 6.05. The van der Waals surface area contributed by atoms with Gasteiger partial charge < -0.3 is 0 Å². The van der Waals surface area contributed by atoms with E-state index < -0.39 is 21.8 Å². The number of hydrogen-bond acceptors (Lipinski definition) is 3. The van der Waals surface area contributed by atoms with Crippen LogP contribution in [0.4, 0.5) is 19.0 Å². The van der Waals surface area contributed by atoms with Gasteiger partial charge in [0.1, 0.15) is 5.82 Å². The molecule has 0 aliphatic heterocycles. The summed E-state index contributed by atoms with van der Waals surface area (Å²) in [4.78, 5) is -0.299. The van der Waals surface area contributed by atoms with Gasteiger partial charge in [0.15, 0.2) is 0 Å².